The molecule has 0 aromatic carbocycles. The number of aliphatic hydroxyl groups is 1. The number of likely N-dealkylation sites (tertiary alicyclic amines) is 1. The normalized spacial score (nSPS) is 19.2. The van der Waals surface area contributed by atoms with Gasteiger partial charge in [0.15, 0.2) is 0 Å². The molecule has 8 heteroatoms. The van der Waals surface area contributed by atoms with Crippen LogP contribution in [0.4, 0.5) is 5.69 Å². The molecule has 0 aliphatic carbocycles. The van der Waals surface area contributed by atoms with E-state index in [0.717, 1.165) is 6.42 Å². The molecule has 20 heavy (non-hydrogen) atoms. The van der Waals surface area contributed by atoms with E-state index in [0.29, 0.717) is 23.1 Å². The second-order valence-corrected chi connectivity index (χ2v) is 5.57. The van der Waals surface area contributed by atoms with Crippen LogP contribution in [-0.4, -0.2) is 51.9 Å². The fraction of sp³-hybridized carbons (Fsp3) is 0.583. The molecule has 2 rings (SSSR count). The summed E-state index contributed by atoms with van der Waals surface area (Å²) < 4.78 is 1.59. The van der Waals surface area contributed by atoms with Gasteiger partial charge in [0.1, 0.15) is 4.47 Å². The maximum Gasteiger partial charge on any atom is 0.283 e. The summed E-state index contributed by atoms with van der Waals surface area (Å²) in [4.78, 5) is 25.1. The first-order chi connectivity index (χ1) is 9.52. The molecule has 1 aliphatic heterocycles. The zero-order valence-electron chi connectivity index (χ0n) is 11.2. The number of halogens is 1. The Hall–Kier alpha value is -1.41. The predicted molar refractivity (Wildman–Crippen MR) is 77.6 cm³/mol. The van der Waals surface area contributed by atoms with Gasteiger partial charge in [-0.15, -0.1) is 0 Å². The molecule has 1 aromatic heterocycles. The van der Waals surface area contributed by atoms with Gasteiger partial charge in [-0.05, 0) is 22.4 Å². The predicted octanol–water partition coefficient (Wildman–Crippen LogP) is 0.0308. The highest BCUT2D eigenvalue weighted by Gasteiger charge is 2.23. The largest absolute Gasteiger partial charge is 0.394 e. The van der Waals surface area contributed by atoms with Gasteiger partial charge in [0, 0.05) is 26.1 Å². The van der Waals surface area contributed by atoms with Crippen LogP contribution >= 0.6 is 15.9 Å². The van der Waals surface area contributed by atoms with Crippen LogP contribution in [-0.2, 0) is 11.3 Å². The number of nitrogens with one attached hydrogen (secondary N) is 1. The summed E-state index contributed by atoms with van der Waals surface area (Å²) in [5, 5.41) is 16.1. The Balaban J connectivity index is 2.12. The lowest BCUT2D eigenvalue weighted by molar-refractivity contribution is -0.132. The summed E-state index contributed by atoms with van der Waals surface area (Å²) in [6, 6.07) is 0.101. The summed E-state index contributed by atoms with van der Waals surface area (Å²) in [5.41, 5.74) is 0.321. The number of hydrogen-bond donors (Lipinski definition) is 2. The Morgan fingerprint density at radius 3 is 2.95 bits per heavy atom. The van der Waals surface area contributed by atoms with Gasteiger partial charge >= 0.3 is 0 Å². The van der Waals surface area contributed by atoms with Crippen molar-refractivity contribution in [2.75, 3.05) is 25.5 Å². The van der Waals surface area contributed by atoms with Gasteiger partial charge in [0.25, 0.3) is 5.56 Å². The van der Waals surface area contributed by atoms with Crippen molar-refractivity contribution < 1.29 is 9.90 Å². The van der Waals surface area contributed by atoms with Crippen molar-refractivity contribution in [2.45, 2.75) is 25.4 Å². The molecule has 1 atom stereocenters. The number of anilines is 1. The highest BCUT2D eigenvalue weighted by molar-refractivity contribution is 9.10. The van der Waals surface area contributed by atoms with Crippen molar-refractivity contribution in [3.8, 4) is 0 Å². The van der Waals surface area contributed by atoms with Crippen LogP contribution in [0.25, 0.3) is 0 Å². The molecule has 7 nitrogen and oxygen atoms in total. The molecule has 1 amide bonds. The van der Waals surface area contributed by atoms with Gasteiger partial charge in [0.05, 0.1) is 25.0 Å². The number of aliphatic hydroxyl groups excluding tert-OH is 1. The smallest absolute Gasteiger partial charge is 0.283 e. The van der Waals surface area contributed by atoms with Gasteiger partial charge in [0.2, 0.25) is 5.91 Å². The van der Waals surface area contributed by atoms with E-state index in [1.54, 1.807) is 18.1 Å². The van der Waals surface area contributed by atoms with Crippen LogP contribution in [0.5, 0.6) is 0 Å². The van der Waals surface area contributed by atoms with Gasteiger partial charge in [-0.2, -0.15) is 5.10 Å². The first kappa shape index (κ1) is 15.0. The molecule has 1 fully saturated rings. The average molecular weight is 345 g/mol. The molecule has 110 valence electrons. The maximum atomic E-state index is 12.0. The van der Waals surface area contributed by atoms with Crippen molar-refractivity contribution >= 4 is 27.5 Å². The van der Waals surface area contributed by atoms with E-state index >= 15 is 0 Å². The van der Waals surface area contributed by atoms with E-state index in [1.165, 1.54) is 4.68 Å². The molecule has 1 unspecified atom stereocenters. The Bertz CT molecular complexity index is 560. The molecule has 0 spiro atoms. The van der Waals surface area contributed by atoms with E-state index in [4.69, 9.17) is 5.11 Å². The SMILES string of the molecule is CN1CC(Nc2cnn(CCO)c(=O)c2Br)CCC1=O. The van der Waals surface area contributed by atoms with Gasteiger partial charge in [-0.3, -0.25) is 9.59 Å². The Morgan fingerprint density at radius 1 is 1.55 bits per heavy atom. The first-order valence-corrected chi connectivity index (χ1v) is 7.19. The van der Waals surface area contributed by atoms with E-state index in [-0.39, 0.29) is 30.7 Å². The van der Waals surface area contributed by atoms with Crippen LogP contribution in [0.3, 0.4) is 0 Å². The Morgan fingerprint density at radius 2 is 2.30 bits per heavy atom. The van der Waals surface area contributed by atoms with Crippen molar-refractivity contribution in [1.29, 1.82) is 0 Å². The second kappa shape index (κ2) is 6.36. The monoisotopic (exact) mass is 344 g/mol. The van der Waals surface area contributed by atoms with E-state index in [1.807, 2.05) is 0 Å². The number of likely N-dealkylation sites (N-methyl/N-ethyl adjacent to an activating group) is 1. The number of rotatable bonds is 4. The average Bonchev–Trinajstić information content (AvgIpc) is 2.42. The molecule has 1 saturated heterocycles. The molecule has 1 aliphatic rings. The van der Waals surface area contributed by atoms with E-state index in [9.17, 15) is 9.59 Å². The van der Waals surface area contributed by atoms with Crippen LogP contribution in [0, 0.1) is 0 Å². The fourth-order valence-corrected chi connectivity index (χ4v) is 2.59. The van der Waals surface area contributed by atoms with Crippen molar-refractivity contribution in [1.82, 2.24) is 14.7 Å². The van der Waals surface area contributed by atoms with Crippen LogP contribution in [0.15, 0.2) is 15.5 Å². The van der Waals surface area contributed by atoms with Crippen molar-refractivity contribution in [3.63, 3.8) is 0 Å². The number of carbonyl (C=O) groups is 1. The second-order valence-electron chi connectivity index (χ2n) is 4.78. The number of aromatic nitrogens is 2. The quantitative estimate of drug-likeness (QED) is 0.804. The highest BCUT2D eigenvalue weighted by Crippen LogP contribution is 2.20. The van der Waals surface area contributed by atoms with Gasteiger partial charge in [-0.1, -0.05) is 0 Å². The molecule has 0 radical (unpaired) electrons. The molecule has 2 heterocycles. The third-order valence-electron chi connectivity index (χ3n) is 3.28. The molecular weight excluding hydrogens is 328 g/mol. The summed E-state index contributed by atoms with van der Waals surface area (Å²) >= 11 is 3.26. The number of nitrogens with zero attached hydrogens (tertiary/aromatic N) is 3. The number of amides is 1. The van der Waals surface area contributed by atoms with Crippen LogP contribution in [0.1, 0.15) is 12.8 Å². The van der Waals surface area contributed by atoms with E-state index in [2.05, 4.69) is 26.3 Å². The van der Waals surface area contributed by atoms with Crippen LogP contribution in [0.2, 0.25) is 0 Å². The third kappa shape index (κ3) is 3.18. The number of hydrogen-bond acceptors (Lipinski definition) is 5. The lowest BCUT2D eigenvalue weighted by Gasteiger charge is -2.30. The minimum Gasteiger partial charge on any atom is -0.394 e. The molecular formula is C12H17BrN4O3. The first-order valence-electron chi connectivity index (χ1n) is 6.40. The maximum absolute atomic E-state index is 12.0. The van der Waals surface area contributed by atoms with Gasteiger partial charge < -0.3 is 15.3 Å². The third-order valence-corrected chi connectivity index (χ3v) is 4.05. The lowest BCUT2D eigenvalue weighted by Crippen LogP contribution is -2.43. The zero-order valence-corrected chi connectivity index (χ0v) is 12.8. The Kier molecular flexibility index (Phi) is 4.77. The summed E-state index contributed by atoms with van der Waals surface area (Å²) in [6.45, 7) is 0.630. The minimum absolute atomic E-state index is 0.101. The lowest BCUT2D eigenvalue weighted by atomic mass is 10.1. The number of piperidine rings is 1. The molecule has 2 N–H and O–H groups in total. The highest BCUT2D eigenvalue weighted by atomic mass is 79.9. The molecule has 0 saturated carbocycles. The number of carbonyl (C=O) groups excluding carboxylic acids is 1. The molecule has 1 aromatic rings. The summed E-state index contributed by atoms with van der Waals surface area (Å²) in [7, 11) is 1.77. The zero-order chi connectivity index (χ0) is 14.7. The molecule has 0 bridgehead atoms. The minimum atomic E-state index is -0.288. The van der Waals surface area contributed by atoms with Gasteiger partial charge in [-0.25, -0.2) is 4.68 Å². The van der Waals surface area contributed by atoms with Crippen molar-refractivity contribution in [2.24, 2.45) is 0 Å². The van der Waals surface area contributed by atoms with E-state index < -0.39 is 0 Å². The summed E-state index contributed by atoms with van der Waals surface area (Å²) in [6.07, 6.45) is 2.79. The fourth-order valence-electron chi connectivity index (χ4n) is 2.17. The van der Waals surface area contributed by atoms with Crippen molar-refractivity contribution in [3.05, 3.63) is 21.0 Å². The Labute approximate surface area is 124 Å². The standard InChI is InChI=1S/C12H17BrN4O3/c1-16-7-8(2-3-10(16)19)15-9-6-14-17(4-5-18)12(20)11(9)13/h6,8,15,18H,2-5,7H2,1H3. The van der Waals surface area contributed by atoms with Crippen LogP contribution < -0.4 is 10.9 Å². The topological polar surface area (TPSA) is 87.5 Å². The summed E-state index contributed by atoms with van der Waals surface area (Å²) in [5.74, 6) is 0.138.